The Morgan fingerprint density at radius 1 is 1.43 bits per heavy atom. The molecule has 72 valence electrons. The van der Waals surface area contributed by atoms with Crippen LogP contribution in [0, 0.1) is 12.7 Å². The summed E-state index contributed by atoms with van der Waals surface area (Å²) in [6.45, 7) is 1.93. The average molecular weight is 255 g/mol. The Kier molecular flexibility index (Phi) is 2.37. The fourth-order valence-electron chi connectivity index (χ4n) is 1.29. The Bertz CT molecular complexity index is 465. The lowest BCUT2D eigenvalue weighted by molar-refractivity contribution is 0.621. The number of aromatic amines is 1. The molecule has 14 heavy (non-hydrogen) atoms. The van der Waals surface area contributed by atoms with Crippen molar-refractivity contribution in [3.05, 3.63) is 40.5 Å². The summed E-state index contributed by atoms with van der Waals surface area (Å²) >= 11 is 3.14. The van der Waals surface area contributed by atoms with E-state index in [1.165, 1.54) is 6.07 Å². The molecule has 0 radical (unpaired) electrons. The van der Waals surface area contributed by atoms with Gasteiger partial charge in [0.05, 0.1) is 16.5 Å². The molecule has 0 aliphatic heterocycles. The molecule has 0 saturated carbocycles. The largest absolute Gasteiger partial charge is 0.348 e. The summed E-state index contributed by atoms with van der Waals surface area (Å²) < 4.78 is 13.4. The molecule has 0 aliphatic rings. The van der Waals surface area contributed by atoms with Gasteiger partial charge in [0.25, 0.3) is 0 Å². The second-order valence-corrected chi connectivity index (χ2v) is 3.86. The highest BCUT2D eigenvalue weighted by Crippen LogP contribution is 2.25. The summed E-state index contributed by atoms with van der Waals surface area (Å²) in [7, 11) is 0. The SMILES string of the molecule is Cc1[nH]cnc1-c1ccc(F)c(Br)c1. The van der Waals surface area contributed by atoms with E-state index < -0.39 is 0 Å². The fourth-order valence-corrected chi connectivity index (χ4v) is 1.67. The zero-order chi connectivity index (χ0) is 10.1. The second-order valence-electron chi connectivity index (χ2n) is 3.01. The van der Waals surface area contributed by atoms with Gasteiger partial charge < -0.3 is 4.98 Å². The predicted octanol–water partition coefficient (Wildman–Crippen LogP) is 3.29. The predicted molar refractivity (Wildman–Crippen MR) is 56.4 cm³/mol. The molecule has 0 spiro atoms. The molecule has 2 rings (SSSR count). The van der Waals surface area contributed by atoms with Gasteiger partial charge in [-0.3, -0.25) is 0 Å². The quantitative estimate of drug-likeness (QED) is 0.832. The minimum atomic E-state index is -0.262. The minimum absolute atomic E-state index is 0.262. The molecule has 0 saturated heterocycles. The third-order valence-electron chi connectivity index (χ3n) is 2.02. The van der Waals surface area contributed by atoms with Crippen molar-refractivity contribution in [2.45, 2.75) is 6.92 Å². The van der Waals surface area contributed by atoms with Gasteiger partial charge in [-0.2, -0.15) is 0 Å². The molecule has 4 heteroatoms. The maximum absolute atomic E-state index is 13.0. The summed E-state index contributed by atoms with van der Waals surface area (Å²) in [5, 5.41) is 0. The summed E-state index contributed by atoms with van der Waals surface area (Å²) in [4.78, 5) is 7.14. The fraction of sp³-hybridized carbons (Fsp3) is 0.100. The first-order valence-corrected chi connectivity index (χ1v) is 4.93. The molecule has 0 unspecified atom stereocenters. The Morgan fingerprint density at radius 3 is 2.79 bits per heavy atom. The van der Waals surface area contributed by atoms with Gasteiger partial charge in [-0.25, -0.2) is 9.37 Å². The number of aryl methyl sites for hydroxylation is 1. The summed E-state index contributed by atoms with van der Waals surface area (Å²) in [6.07, 6.45) is 1.63. The number of aromatic nitrogens is 2. The normalized spacial score (nSPS) is 10.5. The van der Waals surface area contributed by atoms with E-state index >= 15 is 0 Å². The number of halogens is 2. The molecule has 0 amide bonds. The van der Waals surface area contributed by atoms with Crippen molar-refractivity contribution >= 4 is 15.9 Å². The zero-order valence-corrected chi connectivity index (χ0v) is 9.10. The average Bonchev–Trinajstić information content (AvgIpc) is 2.57. The Morgan fingerprint density at radius 2 is 2.21 bits per heavy atom. The number of H-pyrrole nitrogens is 1. The van der Waals surface area contributed by atoms with Crippen molar-refractivity contribution in [3.8, 4) is 11.3 Å². The first-order valence-electron chi connectivity index (χ1n) is 4.14. The summed E-state index contributed by atoms with van der Waals surface area (Å²) in [5.41, 5.74) is 2.73. The second kappa shape index (κ2) is 3.53. The van der Waals surface area contributed by atoms with Crippen LogP contribution >= 0.6 is 15.9 Å². The van der Waals surface area contributed by atoms with Crippen molar-refractivity contribution in [2.24, 2.45) is 0 Å². The molecule has 1 aromatic carbocycles. The smallest absolute Gasteiger partial charge is 0.137 e. The Hall–Kier alpha value is -1.16. The van der Waals surface area contributed by atoms with Crippen LogP contribution in [0.1, 0.15) is 5.69 Å². The highest BCUT2D eigenvalue weighted by atomic mass is 79.9. The van der Waals surface area contributed by atoms with Gasteiger partial charge in [-0.15, -0.1) is 0 Å². The topological polar surface area (TPSA) is 28.7 Å². The number of hydrogen-bond donors (Lipinski definition) is 1. The molecule has 2 aromatic rings. The highest BCUT2D eigenvalue weighted by molar-refractivity contribution is 9.10. The molecule has 0 fully saturated rings. The van der Waals surface area contributed by atoms with Gasteiger partial charge in [0, 0.05) is 11.3 Å². The number of nitrogens with zero attached hydrogens (tertiary/aromatic N) is 1. The molecule has 0 aliphatic carbocycles. The zero-order valence-electron chi connectivity index (χ0n) is 7.51. The summed E-state index contributed by atoms with van der Waals surface area (Å²) in [5.74, 6) is -0.262. The molecule has 1 N–H and O–H groups in total. The Labute approximate surface area is 89.3 Å². The van der Waals surface area contributed by atoms with Gasteiger partial charge in [-0.1, -0.05) is 0 Å². The van der Waals surface area contributed by atoms with Gasteiger partial charge in [0.15, 0.2) is 0 Å². The monoisotopic (exact) mass is 254 g/mol. The van der Waals surface area contributed by atoms with Gasteiger partial charge in [0.2, 0.25) is 0 Å². The van der Waals surface area contributed by atoms with Crippen LogP contribution in [0.3, 0.4) is 0 Å². The van der Waals surface area contributed by atoms with Crippen LogP contribution in [0.2, 0.25) is 0 Å². The van der Waals surface area contributed by atoms with Gasteiger partial charge in [0.1, 0.15) is 5.82 Å². The van der Waals surface area contributed by atoms with E-state index in [2.05, 4.69) is 25.9 Å². The Balaban J connectivity index is 2.53. The lowest BCUT2D eigenvalue weighted by Gasteiger charge is -2.00. The van der Waals surface area contributed by atoms with E-state index in [9.17, 15) is 4.39 Å². The molecule has 1 heterocycles. The number of hydrogen-bond acceptors (Lipinski definition) is 1. The molecular weight excluding hydrogens is 247 g/mol. The first-order chi connectivity index (χ1) is 6.68. The lowest BCUT2D eigenvalue weighted by atomic mass is 10.1. The van der Waals surface area contributed by atoms with E-state index in [0.29, 0.717) is 4.47 Å². The van der Waals surface area contributed by atoms with Crippen LogP contribution in [0.25, 0.3) is 11.3 Å². The van der Waals surface area contributed by atoms with Crippen LogP contribution in [-0.4, -0.2) is 9.97 Å². The molecule has 1 aromatic heterocycles. The number of rotatable bonds is 1. The van der Waals surface area contributed by atoms with E-state index in [1.807, 2.05) is 6.92 Å². The van der Waals surface area contributed by atoms with E-state index in [4.69, 9.17) is 0 Å². The van der Waals surface area contributed by atoms with Gasteiger partial charge in [-0.05, 0) is 41.1 Å². The number of imidazole rings is 1. The van der Waals surface area contributed by atoms with Crippen LogP contribution in [0.5, 0.6) is 0 Å². The standard InChI is InChI=1S/C10H8BrFN2/c1-6-10(14-5-13-6)7-2-3-9(12)8(11)4-7/h2-5H,1H3,(H,13,14). The molecular formula is C10H8BrFN2. The van der Waals surface area contributed by atoms with Crippen molar-refractivity contribution in [2.75, 3.05) is 0 Å². The summed E-state index contributed by atoms with van der Waals surface area (Å²) in [6, 6.07) is 4.86. The third kappa shape index (κ3) is 1.57. The van der Waals surface area contributed by atoms with E-state index in [1.54, 1.807) is 18.5 Å². The first kappa shape index (κ1) is 9.40. The van der Waals surface area contributed by atoms with Crippen LogP contribution in [0.4, 0.5) is 4.39 Å². The van der Waals surface area contributed by atoms with Crippen molar-refractivity contribution in [1.82, 2.24) is 9.97 Å². The number of benzene rings is 1. The van der Waals surface area contributed by atoms with E-state index in [0.717, 1.165) is 17.0 Å². The highest BCUT2D eigenvalue weighted by Gasteiger charge is 2.06. The van der Waals surface area contributed by atoms with Crippen LogP contribution in [-0.2, 0) is 0 Å². The van der Waals surface area contributed by atoms with Crippen LogP contribution in [0.15, 0.2) is 29.0 Å². The third-order valence-corrected chi connectivity index (χ3v) is 2.63. The molecule has 2 nitrogen and oxygen atoms in total. The van der Waals surface area contributed by atoms with Crippen molar-refractivity contribution in [3.63, 3.8) is 0 Å². The van der Waals surface area contributed by atoms with Crippen LogP contribution < -0.4 is 0 Å². The maximum Gasteiger partial charge on any atom is 0.137 e. The molecule has 0 atom stereocenters. The van der Waals surface area contributed by atoms with Crippen molar-refractivity contribution < 1.29 is 4.39 Å². The van der Waals surface area contributed by atoms with Gasteiger partial charge >= 0.3 is 0 Å². The van der Waals surface area contributed by atoms with Crippen molar-refractivity contribution in [1.29, 1.82) is 0 Å². The maximum atomic E-state index is 13.0. The lowest BCUT2D eigenvalue weighted by Crippen LogP contribution is -1.83. The minimum Gasteiger partial charge on any atom is -0.348 e. The van der Waals surface area contributed by atoms with E-state index in [-0.39, 0.29) is 5.82 Å². The number of nitrogens with one attached hydrogen (secondary N) is 1. The molecule has 0 bridgehead atoms.